The Morgan fingerprint density at radius 2 is 2.31 bits per heavy atom. The Morgan fingerprint density at radius 3 is 3.00 bits per heavy atom. The van der Waals surface area contributed by atoms with Gasteiger partial charge in [0.2, 0.25) is 0 Å². The fraction of sp³-hybridized carbons (Fsp3) is 0.200. The van der Waals surface area contributed by atoms with Crippen LogP contribution < -0.4 is 0 Å². The number of benzene rings is 1. The summed E-state index contributed by atoms with van der Waals surface area (Å²) in [4.78, 5) is 0.696. The summed E-state index contributed by atoms with van der Waals surface area (Å²) in [5.74, 6) is 0.287. The molecule has 0 bridgehead atoms. The average Bonchev–Trinajstić information content (AvgIpc) is 2.60. The standard InChI is InChI=1S/C10H10OS2/c1-2-6-5-8(11)9(12)10-7(6)3-4-13-10/h3-5,11-12H,2H2,1H3. The third-order valence-electron chi connectivity index (χ3n) is 2.16. The quantitative estimate of drug-likeness (QED) is 0.691. The topological polar surface area (TPSA) is 20.2 Å². The van der Waals surface area contributed by atoms with Crippen LogP contribution in [0.3, 0.4) is 0 Å². The van der Waals surface area contributed by atoms with Gasteiger partial charge in [-0.1, -0.05) is 6.92 Å². The lowest BCUT2D eigenvalue weighted by Crippen LogP contribution is -1.82. The van der Waals surface area contributed by atoms with Gasteiger partial charge in [-0.25, -0.2) is 0 Å². The molecule has 0 aliphatic heterocycles. The van der Waals surface area contributed by atoms with Gasteiger partial charge in [0.1, 0.15) is 5.75 Å². The number of hydrogen-bond acceptors (Lipinski definition) is 3. The maximum Gasteiger partial charge on any atom is 0.130 e. The van der Waals surface area contributed by atoms with Gasteiger partial charge in [0, 0.05) is 0 Å². The molecule has 0 unspecified atom stereocenters. The van der Waals surface area contributed by atoms with Crippen molar-refractivity contribution in [1.82, 2.24) is 0 Å². The lowest BCUT2D eigenvalue weighted by atomic mass is 10.1. The Bertz CT molecular complexity index is 445. The minimum absolute atomic E-state index is 0.287. The maximum atomic E-state index is 9.58. The highest BCUT2D eigenvalue weighted by molar-refractivity contribution is 7.80. The van der Waals surface area contributed by atoms with Gasteiger partial charge >= 0.3 is 0 Å². The van der Waals surface area contributed by atoms with Crippen molar-refractivity contribution in [2.24, 2.45) is 0 Å². The fourth-order valence-corrected chi connectivity index (χ4v) is 2.69. The number of phenols is 1. The van der Waals surface area contributed by atoms with Gasteiger partial charge in [-0.05, 0) is 34.9 Å². The number of thiophene rings is 1. The van der Waals surface area contributed by atoms with Crippen molar-refractivity contribution in [3.63, 3.8) is 0 Å². The van der Waals surface area contributed by atoms with Crippen molar-refractivity contribution in [1.29, 1.82) is 0 Å². The number of phenolic OH excluding ortho intramolecular Hbond substituents is 1. The number of fused-ring (bicyclic) bond motifs is 1. The molecule has 0 atom stereocenters. The molecule has 0 aliphatic carbocycles. The fourth-order valence-electron chi connectivity index (χ4n) is 1.47. The Morgan fingerprint density at radius 1 is 1.54 bits per heavy atom. The molecule has 13 heavy (non-hydrogen) atoms. The van der Waals surface area contributed by atoms with Crippen molar-refractivity contribution >= 4 is 34.1 Å². The summed E-state index contributed by atoms with van der Waals surface area (Å²) < 4.78 is 1.08. The van der Waals surface area contributed by atoms with Gasteiger partial charge in [0.05, 0.1) is 9.60 Å². The van der Waals surface area contributed by atoms with E-state index >= 15 is 0 Å². The Kier molecular flexibility index (Phi) is 2.22. The maximum absolute atomic E-state index is 9.58. The van der Waals surface area contributed by atoms with Crippen LogP contribution in [0.5, 0.6) is 5.75 Å². The summed E-state index contributed by atoms with van der Waals surface area (Å²) in [7, 11) is 0. The zero-order valence-corrected chi connectivity index (χ0v) is 8.95. The van der Waals surface area contributed by atoms with Crippen molar-refractivity contribution in [2.45, 2.75) is 18.2 Å². The van der Waals surface area contributed by atoms with E-state index in [2.05, 4.69) is 25.6 Å². The molecule has 1 aromatic carbocycles. The molecule has 1 nitrogen and oxygen atoms in total. The molecule has 68 valence electrons. The molecule has 0 saturated heterocycles. The summed E-state index contributed by atoms with van der Waals surface area (Å²) in [5.41, 5.74) is 1.19. The van der Waals surface area contributed by atoms with Gasteiger partial charge < -0.3 is 5.11 Å². The Hall–Kier alpha value is -0.670. The molecule has 0 radical (unpaired) electrons. The van der Waals surface area contributed by atoms with E-state index in [1.807, 2.05) is 5.38 Å². The first-order valence-electron chi connectivity index (χ1n) is 4.15. The molecule has 0 aliphatic rings. The van der Waals surface area contributed by atoms with Crippen LogP contribution in [0.25, 0.3) is 10.1 Å². The molecule has 0 spiro atoms. The Balaban J connectivity index is 2.87. The zero-order chi connectivity index (χ0) is 9.42. The smallest absolute Gasteiger partial charge is 0.130 e. The molecule has 0 fully saturated rings. The number of rotatable bonds is 1. The predicted octanol–water partition coefficient (Wildman–Crippen LogP) is 3.46. The van der Waals surface area contributed by atoms with E-state index in [9.17, 15) is 5.11 Å². The highest BCUT2D eigenvalue weighted by atomic mass is 32.1. The molecule has 1 N–H and O–H groups in total. The second-order valence-electron chi connectivity index (χ2n) is 2.92. The number of aromatic hydroxyl groups is 1. The van der Waals surface area contributed by atoms with Gasteiger partial charge in [-0.3, -0.25) is 0 Å². The van der Waals surface area contributed by atoms with E-state index in [0.29, 0.717) is 4.90 Å². The third-order valence-corrected chi connectivity index (χ3v) is 3.70. The van der Waals surface area contributed by atoms with E-state index < -0.39 is 0 Å². The van der Waals surface area contributed by atoms with Crippen LogP contribution in [0.15, 0.2) is 22.4 Å². The van der Waals surface area contributed by atoms with Gasteiger partial charge in [0.25, 0.3) is 0 Å². The van der Waals surface area contributed by atoms with Crippen LogP contribution >= 0.6 is 24.0 Å². The number of thiol groups is 1. The molecular weight excluding hydrogens is 200 g/mol. The normalized spacial score (nSPS) is 10.9. The van der Waals surface area contributed by atoms with Crippen LogP contribution in [-0.4, -0.2) is 5.11 Å². The lowest BCUT2D eigenvalue weighted by molar-refractivity contribution is 0.464. The van der Waals surface area contributed by atoms with Crippen molar-refractivity contribution in [3.8, 4) is 5.75 Å². The van der Waals surface area contributed by atoms with Crippen LogP contribution in [0, 0.1) is 0 Å². The predicted molar refractivity (Wildman–Crippen MR) is 60.1 cm³/mol. The summed E-state index contributed by atoms with van der Waals surface area (Å²) in [6, 6.07) is 3.88. The highest BCUT2D eigenvalue weighted by Crippen LogP contribution is 2.36. The van der Waals surface area contributed by atoms with Gasteiger partial charge in [-0.15, -0.1) is 24.0 Å². The Labute approximate surface area is 86.4 Å². The molecule has 1 aromatic heterocycles. The van der Waals surface area contributed by atoms with Gasteiger partial charge in [-0.2, -0.15) is 0 Å². The first-order chi connectivity index (χ1) is 6.24. The van der Waals surface area contributed by atoms with Crippen molar-refractivity contribution in [2.75, 3.05) is 0 Å². The van der Waals surface area contributed by atoms with Crippen molar-refractivity contribution < 1.29 is 5.11 Å². The number of hydrogen-bond donors (Lipinski definition) is 2. The van der Waals surface area contributed by atoms with E-state index in [1.54, 1.807) is 17.4 Å². The SMILES string of the molecule is CCc1cc(O)c(S)c2sccc12. The van der Waals surface area contributed by atoms with E-state index in [0.717, 1.165) is 11.1 Å². The second-order valence-corrected chi connectivity index (χ2v) is 4.28. The molecule has 0 amide bonds. The van der Waals surface area contributed by atoms with E-state index in [-0.39, 0.29) is 5.75 Å². The first kappa shape index (κ1) is 8.91. The van der Waals surface area contributed by atoms with Crippen LogP contribution in [0.4, 0.5) is 0 Å². The third kappa shape index (κ3) is 1.32. The second kappa shape index (κ2) is 3.24. The minimum Gasteiger partial charge on any atom is -0.507 e. The van der Waals surface area contributed by atoms with Crippen LogP contribution in [-0.2, 0) is 6.42 Å². The van der Waals surface area contributed by atoms with Crippen LogP contribution in [0.1, 0.15) is 12.5 Å². The average molecular weight is 210 g/mol. The summed E-state index contributed by atoms with van der Waals surface area (Å²) >= 11 is 5.90. The lowest BCUT2D eigenvalue weighted by Gasteiger charge is -2.04. The largest absolute Gasteiger partial charge is 0.507 e. The van der Waals surface area contributed by atoms with E-state index in [4.69, 9.17) is 0 Å². The molecule has 0 saturated carbocycles. The number of aryl methyl sites for hydroxylation is 1. The monoisotopic (exact) mass is 210 g/mol. The van der Waals surface area contributed by atoms with E-state index in [1.165, 1.54) is 10.9 Å². The van der Waals surface area contributed by atoms with Crippen molar-refractivity contribution in [3.05, 3.63) is 23.1 Å². The molecule has 2 rings (SSSR count). The summed E-state index contributed by atoms with van der Waals surface area (Å²) in [6.45, 7) is 2.09. The van der Waals surface area contributed by atoms with Gasteiger partial charge in [0.15, 0.2) is 0 Å². The summed E-state index contributed by atoms with van der Waals surface area (Å²) in [6.07, 6.45) is 0.939. The highest BCUT2D eigenvalue weighted by Gasteiger charge is 2.08. The minimum atomic E-state index is 0.287. The molecule has 3 heteroatoms. The molecule has 2 aromatic rings. The molecule has 1 heterocycles. The summed E-state index contributed by atoms with van der Waals surface area (Å²) in [5, 5.41) is 12.8. The molecular formula is C10H10OS2. The zero-order valence-electron chi connectivity index (χ0n) is 7.24. The first-order valence-corrected chi connectivity index (χ1v) is 5.47. The van der Waals surface area contributed by atoms with Crippen LogP contribution in [0.2, 0.25) is 0 Å².